The van der Waals surface area contributed by atoms with Crippen molar-refractivity contribution >= 4 is 21.9 Å². The van der Waals surface area contributed by atoms with Crippen molar-refractivity contribution in [2.45, 2.75) is 32.3 Å². The van der Waals surface area contributed by atoms with Gasteiger partial charge in [-0.1, -0.05) is 6.07 Å². The molecule has 0 atom stereocenters. The van der Waals surface area contributed by atoms with E-state index in [9.17, 15) is 25.2 Å². The van der Waals surface area contributed by atoms with Gasteiger partial charge in [-0.15, -0.1) is 0 Å². The largest absolute Gasteiger partial charge is 0.507 e. The van der Waals surface area contributed by atoms with Gasteiger partial charge in [0.05, 0.1) is 11.0 Å². The maximum absolute atomic E-state index is 12.7. The van der Waals surface area contributed by atoms with Crippen LogP contribution in [0.1, 0.15) is 25.8 Å². The molecule has 3 rings (SSSR count). The fourth-order valence-corrected chi connectivity index (χ4v) is 2.72. The summed E-state index contributed by atoms with van der Waals surface area (Å²) in [7, 11) is 0. The first-order chi connectivity index (χ1) is 11.2. The smallest absolute Gasteiger partial charge is 0.204 e. The second-order valence-electron chi connectivity index (χ2n) is 6.49. The molecule has 126 valence electrons. The zero-order valence-corrected chi connectivity index (χ0v) is 13.3. The fourth-order valence-electron chi connectivity index (χ4n) is 2.72. The average Bonchev–Trinajstić information content (AvgIpc) is 2.46. The van der Waals surface area contributed by atoms with Crippen molar-refractivity contribution in [1.29, 1.82) is 0 Å². The zero-order chi connectivity index (χ0) is 17.6. The van der Waals surface area contributed by atoms with Crippen LogP contribution in [0, 0.1) is 0 Å². The highest BCUT2D eigenvalue weighted by Crippen LogP contribution is 2.37. The third kappa shape index (κ3) is 2.65. The zero-order valence-electron chi connectivity index (χ0n) is 13.3. The molecule has 1 heterocycles. The van der Waals surface area contributed by atoms with Gasteiger partial charge in [0.25, 0.3) is 0 Å². The van der Waals surface area contributed by atoms with Crippen LogP contribution in [-0.4, -0.2) is 26.0 Å². The fraction of sp³-hybridized carbons (Fsp3) is 0.278. The summed E-state index contributed by atoms with van der Waals surface area (Å²) in [4.78, 5) is 12.7. The molecule has 2 aromatic carbocycles. The van der Waals surface area contributed by atoms with Crippen molar-refractivity contribution in [3.05, 3.63) is 40.1 Å². The summed E-state index contributed by atoms with van der Waals surface area (Å²) in [6.45, 7) is 3.26. The lowest BCUT2D eigenvalue weighted by atomic mass is 9.96. The molecule has 0 aliphatic heterocycles. The van der Waals surface area contributed by atoms with Crippen molar-refractivity contribution in [3.63, 3.8) is 0 Å². The number of benzene rings is 2. The number of para-hydroxylation sites is 1. The van der Waals surface area contributed by atoms with Crippen molar-refractivity contribution in [1.82, 2.24) is 0 Å². The summed E-state index contributed by atoms with van der Waals surface area (Å²) in [6, 6.07) is 5.47. The topological polar surface area (TPSA) is 111 Å². The Balaban J connectivity index is 2.38. The molecule has 0 bridgehead atoms. The Morgan fingerprint density at radius 1 is 1.04 bits per heavy atom. The Bertz CT molecular complexity index is 994. The van der Waals surface area contributed by atoms with Gasteiger partial charge < -0.3 is 24.8 Å². The minimum atomic E-state index is -0.976. The number of aryl methyl sites for hydroxylation is 1. The third-order valence-electron chi connectivity index (χ3n) is 4.00. The minimum absolute atomic E-state index is 0.00971. The van der Waals surface area contributed by atoms with Gasteiger partial charge in [-0.3, -0.25) is 4.79 Å². The summed E-state index contributed by atoms with van der Waals surface area (Å²) in [6.07, 6.45) is 0.539. The molecule has 0 unspecified atom stereocenters. The second kappa shape index (κ2) is 5.42. The lowest BCUT2D eigenvalue weighted by Gasteiger charge is -2.18. The maximum atomic E-state index is 12.7. The van der Waals surface area contributed by atoms with Crippen molar-refractivity contribution in [3.8, 4) is 17.2 Å². The van der Waals surface area contributed by atoms with E-state index in [1.165, 1.54) is 18.2 Å². The van der Waals surface area contributed by atoms with Gasteiger partial charge in [0, 0.05) is 11.6 Å². The predicted molar refractivity (Wildman–Crippen MR) is 89.6 cm³/mol. The van der Waals surface area contributed by atoms with Crippen LogP contribution < -0.4 is 5.43 Å². The Morgan fingerprint density at radius 3 is 2.42 bits per heavy atom. The third-order valence-corrected chi connectivity index (χ3v) is 4.00. The summed E-state index contributed by atoms with van der Waals surface area (Å²) >= 11 is 0. The lowest BCUT2D eigenvalue weighted by Crippen LogP contribution is -2.19. The standard InChI is InChI=1S/C18H18O6/c1-18(2,23)7-6-9-12(20)8-13(21)14-15(22)10-4-3-5-11(19)16(10)24-17(9)14/h3-5,8,19-21,23H,6-7H2,1-2H3. The van der Waals surface area contributed by atoms with Crippen LogP contribution in [0.5, 0.6) is 17.2 Å². The number of phenolic OH excluding ortho intramolecular Hbond substituents is 3. The highest BCUT2D eigenvalue weighted by Gasteiger charge is 2.22. The van der Waals surface area contributed by atoms with Gasteiger partial charge >= 0.3 is 0 Å². The van der Waals surface area contributed by atoms with Crippen LogP contribution in [0.15, 0.2) is 33.5 Å². The van der Waals surface area contributed by atoms with Gasteiger partial charge in [-0.2, -0.15) is 0 Å². The van der Waals surface area contributed by atoms with Gasteiger partial charge in [-0.25, -0.2) is 0 Å². The molecule has 0 spiro atoms. The van der Waals surface area contributed by atoms with Crippen LogP contribution in [0.2, 0.25) is 0 Å². The van der Waals surface area contributed by atoms with E-state index in [0.717, 1.165) is 6.07 Å². The van der Waals surface area contributed by atoms with Crippen LogP contribution in [0.4, 0.5) is 0 Å². The van der Waals surface area contributed by atoms with Crippen molar-refractivity contribution in [2.24, 2.45) is 0 Å². The number of rotatable bonds is 3. The lowest BCUT2D eigenvalue weighted by molar-refractivity contribution is 0.0713. The Hall–Kier alpha value is -2.73. The summed E-state index contributed by atoms with van der Waals surface area (Å²) in [5.74, 6) is -0.835. The molecule has 0 radical (unpaired) electrons. The molecule has 0 aliphatic rings. The molecular weight excluding hydrogens is 312 g/mol. The minimum Gasteiger partial charge on any atom is -0.507 e. The van der Waals surface area contributed by atoms with Crippen LogP contribution in [-0.2, 0) is 6.42 Å². The Labute approximate surface area is 137 Å². The Kier molecular flexibility index (Phi) is 3.64. The molecule has 24 heavy (non-hydrogen) atoms. The summed E-state index contributed by atoms with van der Waals surface area (Å²) in [5.41, 5.74) is -1.17. The Morgan fingerprint density at radius 2 is 1.75 bits per heavy atom. The molecule has 3 aromatic rings. The van der Waals surface area contributed by atoms with Crippen LogP contribution >= 0.6 is 0 Å². The van der Waals surface area contributed by atoms with E-state index in [-0.39, 0.29) is 39.9 Å². The normalized spacial score (nSPS) is 12.1. The maximum Gasteiger partial charge on any atom is 0.204 e. The highest BCUT2D eigenvalue weighted by atomic mass is 16.4. The SMILES string of the molecule is CC(C)(O)CCc1c(O)cc(O)c2c(=O)c3cccc(O)c3oc12. The summed E-state index contributed by atoms with van der Waals surface area (Å²) < 4.78 is 5.66. The van der Waals surface area contributed by atoms with Gasteiger partial charge in [-0.05, 0) is 38.8 Å². The van der Waals surface area contributed by atoms with E-state index in [2.05, 4.69) is 0 Å². The quantitative estimate of drug-likeness (QED) is 0.550. The number of hydrogen-bond donors (Lipinski definition) is 4. The number of fused-ring (bicyclic) bond motifs is 2. The van der Waals surface area contributed by atoms with Gasteiger partial charge in [0.15, 0.2) is 11.3 Å². The van der Waals surface area contributed by atoms with E-state index < -0.39 is 16.8 Å². The van der Waals surface area contributed by atoms with Crippen LogP contribution in [0.25, 0.3) is 21.9 Å². The molecule has 0 fully saturated rings. The molecule has 1 aromatic heterocycles. The number of phenols is 3. The van der Waals surface area contributed by atoms with E-state index in [1.54, 1.807) is 13.8 Å². The van der Waals surface area contributed by atoms with Crippen molar-refractivity contribution < 1.29 is 24.8 Å². The molecule has 0 aliphatic carbocycles. The van der Waals surface area contributed by atoms with Gasteiger partial charge in [0.2, 0.25) is 5.43 Å². The molecule has 0 saturated carbocycles. The summed E-state index contributed by atoms with van der Waals surface area (Å²) in [5, 5.41) is 40.2. The first-order valence-corrected chi connectivity index (χ1v) is 7.54. The van der Waals surface area contributed by atoms with Crippen molar-refractivity contribution in [2.75, 3.05) is 0 Å². The monoisotopic (exact) mass is 330 g/mol. The van der Waals surface area contributed by atoms with E-state index in [4.69, 9.17) is 4.42 Å². The molecular formula is C18H18O6. The van der Waals surface area contributed by atoms with E-state index in [1.807, 2.05) is 0 Å². The van der Waals surface area contributed by atoms with E-state index in [0.29, 0.717) is 12.0 Å². The molecule has 0 amide bonds. The van der Waals surface area contributed by atoms with Crippen LogP contribution in [0.3, 0.4) is 0 Å². The molecule has 6 nitrogen and oxygen atoms in total. The first-order valence-electron chi connectivity index (χ1n) is 7.54. The second-order valence-corrected chi connectivity index (χ2v) is 6.49. The highest BCUT2D eigenvalue weighted by molar-refractivity contribution is 5.97. The number of aliphatic hydroxyl groups is 1. The molecule has 6 heteroatoms. The number of aromatic hydroxyl groups is 3. The van der Waals surface area contributed by atoms with E-state index >= 15 is 0 Å². The van der Waals surface area contributed by atoms with Gasteiger partial charge in [0.1, 0.15) is 22.5 Å². The molecule has 4 N–H and O–H groups in total. The average molecular weight is 330 g/mol. The number of hydrogen-bond acceptors (Lipinski definition) is 6. The molecule has 0 saturated heterocycles. The first kappa shape index (κ1) is 16.1. The predicted octanol–water partition coefficient (Wildman–Crippen LogP) is 2.77.